The minimum atomic E-state index is -0.764. The first-order valence-corrected chi connectivity index (χ1v) is 12.6. The van der Waals surface area contributed by atoms with Gasteiger partial charge in [-0.15, -0.1) is 0 Å². The number of amides is 3. The van der Waals surface area contributed by atoms with Crippen LogP contribution in [0.4, 0.5) is 9.18 Å². The lowest BCUT2D eigenvalue weighted by Gasteiger charge is -2.42. The topological polar surface area (TPSA) is 82.2 Å². The van der Waals surface area contributed by atoms with Crippen LogP contribution < -0.4 is 5.32 Å². The molecule has 2 heterocycles. The highest BCUT2D eigenvalue weighted by Gasteiger charge is 2.39. The van der Waals surface area contributed by atoms with Crippen LogP contribution in [0.15, 0.2) is 59.8 Å². The van der Waals surface area contributed by atoms with E-state index in [1.165, 1.54) is 23.1 Å². The summed E-state index contributed by atoms with van der Waals surface area (Å²) < 4.78 is 19.0. The number of urea groups is 1. The third kappa shape index (κ3) is 5.62. The zero-order valence-corrected chi connectivity index (χ0v) is 21.8. The van der Waals surface area contributed by atoms with Gasteiger partial charge in [0.1, 0.15) is 5.82 Å². The first-order chi connectivity index (χ1) is 17.7. The minimum Gasteiger partial charge on any atom is -0.463 e. The van der Waals surface area contributed by atoms with Crippen molar-refractivity contribution in [1.29, 1.82) is 0 Å². The molecule has 1 saturated heterocycles. The van der Waals surface area contributed by atoms with Crippen molar-refractivity contribution in [3.63, 3.8) is 0 Å². The summed E-state index contributed by atoms with van der Waals surface area (Å²) >= 11 is 6.44. The van der Waals surface area contributed by atoms with Gasteiger partial charge in [-0.1, -0.05) is 35.9 Å². The maximum absolute atomic E-state index is 13.7. The van der Waals surface area contributed by atoms with Crippen LogP contribution in [0.1, 0.15) is 35.8 Å². The summed E-state index contributed by atoms with van der Waals surface area (Å²) in [5.41, 5.74) is 1.75. The quantitative estimate of drug-likeness (QED) is 0.576. The number of nitrogens with one attached hydrogen (secondary N) is 1. The van der Waals surface area contributed by atoms with Crippen molar-refractivity contribution in [1.82, 2.24) is 20.0 Å². The van der Waals surface area contributed by atoms with Crippen LogP contribution in [0.25, 0.3) is 0 Å². The number of halogens is 2. The number of esters is 1. The van der Waals surface area contributed by atoms with E-state index in [1.807, 2.05) is 6.92 Å². The van der Waals surface area contributed by atoms with Crippen molar-refractivity contribution in [3.8, 4) is 0 Å². The van der Waals surface area contributed by atoms with Gasteiger partial charge in [0.05, 0.1) is 18.2 Å². The van der Waals surface area contributed by atoms with Crippen LogP contribution in [-0.4, -0.2) is 78.5 Å². The highest BCUT2D eigenvalue weighted by Crippen LogP contribution is 2.35. The Kier molecular flexibility index (Phi) is 8.14. The molecule has 2 aliphatic rings. The number of carbonyl (C=O) groups is 3. The van der Waals surface area contributed by atoms with Crippen molar-refractivity contribution in [2.75, 3.05) is 39.8 Å². The normalized spacial score (nSPS) is 20.6. The highest BCUT2D eigenvalue weighted by atomic mass is 35.5. The second-order valence-electron chi connectivity index (χ2n) is 9.14. The molecular weight excluding hydrogens is 499 g/mol. The van der Waals surface area contributed by atoms with Crippen molar-refractivity contribution >= 4 is 29.5 Å². The molecule has 3 amide bonds. The van der Waals surface area contributed by atoms with Crippen molar-refractivity contribution < 1.29 is 23.5 Å². The van der Waals surface area contributed by atoms with E-state index in [1.54, 1.807) is 49.2 Å². The molecule has 10 heteroatoms. The molecule has 0 saturated carbocycles. The number of piperazine rings is 1. The van der Waals surface area contributed by atoms with Crippen LogP contribution in [0, 0.1) is 5.82 Å². The molecule has 0 radical (unpaired) electrons. The Labute approximate surface area is 220 Å². The first-order valence-electron chi connectivity index (χ1n) is 12.2. The van der Waals surface area contributed by atoms with E-state index in [2.05, 4.69) is 10.2 Å². The fourth-order valence-electron chi connectivity index (χ4n) is 4.82. The lowest BCUT2D eigenvalue weighted by molar-refractivity contribution is -0.139. The summed E-state index contributed by atoms with van der Waals surface area (Å²) in [5.74, 6) is -1.21. The van der Waals surface area contributed by atoms with Crippen LogP contribution in [0.3, 0.4) is 0 Å². The van der Waals surface area contributed by atoms with Crippen LogP contribution >= 0.6 is 11.6 Å². The molecule has 4 rings (SSSR count). The second kappa shape index (κ2) is 11.3. The molecule has 196 valence electrons. The van der Waals surface area contributed by atoms with Gasteiger partial charge in [-0.3, -0.25) is 14.6 Å². The molecule has 1 fully saturated rings. The zero-order valence-electron chi connectivity index (χ0n) is 21.0. The van der Waals surface area contributed by atoms with Gasteiger partial charge in [0.15, 0.2) is 0 Å². The highest BCUT2D eigenvalue weighted by molar-refractivity contribution is 6.31. The molecule has 37 heavy (non-hydrogen) atoms. The van der Waals surface area contributed by atoms with Gasteiger partial charge in [0, 0.05) is 55.6 Å². The first kappa shape index (κ1) is 26.6. The maximum atomic E-state index is 13.7. The van der Waals surface area contributed by atoms with Crippen LogP contribution in [0.2, 0.25) is 5.02 Å². The predicted octanol–water partition coefficient (Wildman–Crippen LogP) is 3.84. The van der Waals surface area contributed by atoms with Crippen molar-refractivity contribution in [3.05, 3.63) is 81.8 Å². The Morgan fingerprint density at radius 1 is 1.16 bits per heavy atom. The fraction of sp³-hybridized carbons (Fsp3) is 0.370. The number of carbonyl (C=O) groups excluding carboxylic acids is 3. The van der Waals surface area contributed by atoms with E-state index in [9.17, 15) is 18.8 Å². The van der Waals surface area contributed by atoms with Gasteiger partial charge in [0.2, 0.25) is 0 Å². The fourth-order valence-corrected chi connectivity index (χ4v) is 5.06. The van der Waals surface area contributed by atoms with Gasteiger partial charge < -0.3 is 15.0 Å². The van der Waals surface area contributed by atoms with Crippen molar-refractivity contribution in [2.45, 2.75) is 25.9 Å². The summed E-state index contributed by atoms with van der Waals surface area (Å²) in [4.78, 5) is 44.4. The third-order valence-electron chi connectivity index (χ3n) is 6.71. The summed E-state index contributed by atoms with van der Waals surface area (Å²) in [7, 11) is 1.61. The van der Waals surface area contributed by atoms with Crippen molar-refractivity contribution in [2.24, 2.45) is 0 Å². The molecule has 1 N–H and O–H groups in total. The Bertz CT molecular complexity index is 1240. The minimum absolute atomic E-state index is 0.168. The summed E-state index contributed by atoms with van der Waals surface area (Å²) in [6, 6.07) is 11.4. The van der Waals surface area contributed by atoms with E-state index >= 15 is 0 Å². The number of hydrogen-bond donors (Lipinski definition) is 1. The largest absolute Gasteiger partial charge is 0.463 e. The molecule has 0 aromatic heterocycles. The van der Waals surface area contributed by atoms with Gasteiger partial charge >= 0.3 is 12.0 Å². The van der Waals surface area contributed by atoms with E-state index < -0.39 is 17.8 Å². The lowest BCUT2D eigenvalue weighted by atomic mass is 9.94. The Morgan fingerprint density at radius 3 is 2.59 bits per heavy atom. The van der Waals surface area contributed by atoms with E-state index in [-0.39, 0.29) is 24.6 Å². The number of nitrogens with zero attached hydrogens (tertiary/aromatic N) is 3. The van der Waals surface area contributed by atoms with Gasteiger partial charge in [-0.2, -0.15) is 0 Å². The molecular formula is C27H30ClFN4O4. The lowest BCUT2D eigenvalue weighted by Crippen LogP contribution is -2.56. The van der Waals surface area contributed by atoms with E-state index in [4.69, 9.17) is 16.3 Å². The van der Waals surface area contributed by atoms with E-state index in [0.717, 1.165) is 0 Å². The standard InChI is InChI=1S/C27H30ClFN4O4/c1-4-37-26(35)23-22(31(3)27(36)30-24(23)20-10-5-6-11-21(20)28)16-32-12-13-33(17(2)15-32)25(34)18-8-7-9-19(29)14-18/h5-11,14,17,24H,4,12-13,15-16H2,1-3H3,(H,30,36)/t17-,24-/m1/s1. The third-order valence-corrected chi connectivity index (χ3v) is 7.05. The Balaban J connectivity index is 1.61. The van der Waals surface area contributed by atoms with Crippen LogP contribution in [-0.2, 0) is 9.53 Å². The maximum Gasteiger partial charge on any atom is 0.338 e. The molecule has 2 atom stereocenters. The SMILES string of the molecule is CCOC(=O)C1=C(CN2CCN(C(=O)c3cccc(F)c3)[C@H](C)C2)N(C)C(=O)N[C@@H]1c1ccccc1Cl. The average molecular weight is 529 g/mol. The summed E-state index contributed by atoms with van der Waals surface area (Å²) in [6.45, 7) is 5.57. The number of hydrogen-bond acceptors (Lipinski definition) is 5. The predicted molar refractivity (Wildman–Crippen MR) is 137 cm³/mol. The molecule has 8 nitrogen and oxygen atoms in total. The van der Waals surface area contributed by atoms with Gasteiger partial charge in [0.25, 0.3) is 5.91 Å². The second-order valence-corrected chi connectivity index (χ2v) is 9.54. The van der Waals surface area contributed by atoms with Gasteiger partial charge in [-0.25, -0.2) is 14.0 Å². The molecule has 2 aromatic carbocycles. The number of benzene rings is 2. The molecule has 0 spiro atoms. The number of likely N-dealkylation sites (N-methyl/N-ethyl adjacent to an activating group) is 1. The molecule has 0 unspecified atom stereocenters. The molecule has 0 aliphatic carbocycles. The zero-order chi connectivity index (χ0) is 26.7. The molecule has 2 aromatic rings. The average Bonchev–Trinajstić information content (AvgIpc) is 2.87. The number of ether oxygens (including phenoxy) is 1. The Morgan fingerprint density at radius 2 is 1.92 bits per heavy atom. The Hall–Kier alpha value is -3.43. The number of rotatable bonds is 6. The van der Waals surface area contributed by atoms with E-state index in [0.29, 0.717) is 53.6 Å². The van der Waals surface area contributed by atoms with Crippen LogP contribution in [0.5, 0.6) is 0 Å². The summed E-state index contributed by atoms with van der Waals surface area (Å²) in [6.07, 6.45) is 0. The molecule has 2 aliphatic heterocycles. The smallest absolute Gasteiger partial charge is 0.338 e. The van der Waals surface area contributed by atoms with Gasteiger partial charge in [-0.05, 0) is 43.7 Å². The molecule has 0 bridgehead atoms. The summed E-state index contributed by atoms with van der Waals surface area (Å²) in [5, 5.41) is 3.30. The monoisotopic (exact) mass is 528 g/mol.